The largest absolute Gasteiger partial charge is 0.329 e. The molecule has 1 N–H and O–H groups in total. The van der Waals surface area contributed by atoms with Crippen LogP contribution in [0.3, 0.4) is 0 Å². The summed E-state index contributed by atoms with van der Waals surface area (Å²) in [7, 11) is 0. The van der Waals surface area contributed by atoms with Crippen LogP contribution in [-0.2, 0) is 6.54 Å². The number of imidazole rings is 1. The number of carbonyl (C=O) groups excluding carboxylic acids is 1. The van der Waals surface area contributed by atoms with Crippen LogP contribution in [0.1, 0.15) is 28.7 Å². The number of carbonyl (C=O) groups is 1. The Balaban J connectivity index is 1.77. The third kappa shape index (κ3) is 3.11. The van der Waals surface area contributed by atoms with Crippen molar-refractivity contribution in [1.82, 2.24) is 20.0 Å². The topological polar surface area (TPSA) is 72.2 Å². The number of fused-ring (bicyclic) bond motifs is 1. The maximum Gasteiger partial charge on any atom is 0.271 e. The number of pyridine rings is 1. The fourth-order valence-corrected chi connectivity index (χ4v) is 2.47. The Morgan fingerprint density at radius 1 is 1.39 bits per heavy atom. The molecule has 0 unspecified atom stereocenters. The molecule has 0 aliphatic rings. The summed E-state index contributed by atoms with van der Waals surface area (Å²) in [5, 5.41) is 3.95. The Morgan fingerprint density at radius 2 is 2.26 bits per heavy atom. The average molecular weight is 307 g/mol. The lowest BCUT2D eigenvalue weighted by atomic mass is 10.2. The van der Waals surface area contributed by atoms with E-state index in [1.54, 1.807) is 30.7 Å². The van der Waals surface area contributed by atoms with E-state index in [-0.39, 0.29) is 5.91 Å². The molecule has 1 amide bonds. The lowest BCUT2D eigenvalue weighted by molar-refractivity contribution is 0.0955. The summed E-state index contributed by atoms with van der Waals surface area (Å²) in [6, 6.07) is 9.14. The van der Waals surface area contributed by atoms with E-state index in [1.165, 1.54) is 0 Å². The maximum atomic E-state index is 12.2. The summed E-state index contributed by atoms with van der Waals surface area (Å²) in [6.45, 7) is 4.88. The normalized spacial score (nSPS) is 11.2. The van der Waals surface area contributed by atoms with Crippen molar-refractivity contribution in [3.63, 3.8) is 0 Å². The highest BCUT2D eigenvalue weighted by molar-refractivity contribution is 5.97. The van der Waals surface area contributed by atoms with E-state index in [4.69, 9.17) is 0 Å². The summed E-state index contributed by atoms with van der Waals surface area (Å²) in [5.74, 6) is 0.672. The maximum absolute atomic E-state index is 12.2. The van der Waals surface area contributed by atoms with Gasteiger partial charge in [0.15, 0.2) is 0 Å². The molecule has 0 saturated carbocycles. The van der Waals surface area contributed by atoms with Crippen molar-refractivity contribution < 1.29 is 4.79 Å². The molecule has 0 bridgehead atoms. The Hall–Kier alpha value is -3.02. The molecule has 0 saturated heterocycles. The molecule has 2 aromatic heterocycles. The Bertz CT molecular complexity index is 867. The van der Waals surface area contributed by atoms with Gasteiger partial charge in [0.1, 0.15) is 5.82 Å². The van der Waals surface area contributed by atoms with Gasteiger partial charge in [-0.1, -0.05) is 6.07 Å². The molecule has 0 fully saturated rings. The van der Waals surface area contributed by atoms with Crippen molar-refractivity contribution in [2.75, 3.05) is 0 Å². The van der Waals surface area contributed by atoms with Gasteiger partial charge in [0.25, 0.3) is 5.91 Å². The highest BCUT2D eigenvalue weighted by Crippen LogP contribution is 2.17. The number of aryl methyl sites for hydroxylation is 2. The number of hydrogen-bond acceptors (Lipinski definition) is 4. The Labute approximate surface area is 133 Å². The zero-order chi connectivity index (χ0) is 16.2. The second-order valence-corrected chi connectivity index (χ2v) is 5.09. The summed E-state index contributed by atoms with van der Waals surface area (Å²) in [5.41, 5.74) is 5.71. The van der Waals surface area contributed by atoms with Gasteiger partial charge in [0.2, 0.25) is 0 Å². The first-order chi connectivity index (χ1) is 11.2. The summed E-state index contributed by atoms with van der Waals surface area (Å²) >= 11 is 0. The van der Waals surface area contributed by atoms with Crippen LogP contribution in [0.2, 0.25) is 0 Å². The molecule has 23 heavy (non-hydrogen) atoms. The lowest BCUT2D eigenvalue weighted by Crippen LogP contribution is -2.17. The van der Waals surface area contributed by atoms with Crippen molar-refractivity contribution in [1.29, 1.82) is 0 Å². The minimum atomic E-state index is -0.268. The summed E-state index contributed by atoms with van der Waals surface area (Å²) in [4.78, 5) is 20.6. The summed E-state index contributed by atoms with van der Waals surface area (Å²) < 4.78 is 2.11. The highest BCUT2D eigenvalue weighted by Gasteiger charge is 2.10. The van der Waals surface area contributed by atoms with Gasteiger partial charge < -0.3 is 4.57 Å². The van der Waals surface area contributed by atoms with E-state index in [2.05, 4.69) is 32.0 Å². The van der Waals surface area contributed by atoms with E-state index in [0.29, 0.717) is 5.56 Å². The standard InChI is InChI=1S/C17H17N5O/c1-3-22-12(2)20-15-9-14(6-7-16(15)22)17(23)21-19-11-13-5-4-8-18-10-13/h4-11H,3H2,1-2H3,(H,21,23)/b19-11+. The lowest BCUT2D eigenvalue weighted by Gasteiger charge is -2.03. The second-order valence-electron chi connectivity index (χ2n) is 5.09. The summed E-state index contributed by atoms with van der Waals surface area (Å²) in [6.07, 6.45) is 4.91. The van der Waals surface area contributed by atoms with Crippen LogP contribution in [0.5, 0.6) is 0 Å². The van der Waals surface area contributed by atoms with Crippen LogP contribution >= 0.6 is 0 Å². The first-order valence-corrected chi connectivity index (χ1v) is 7.39. The van der Waals surface area contributed by atoms with E-state index in [9.17, 15) is 4.79 Å². The number of hydrogen-bond donors (Lipinski definition) is 1. The van der Waals surface area contributed by atoms with Gasteiger partial charge in [-0.05, 0) is 38.1 Å². The van der Waals surface area contributed by atoms with Gasteiger partial charge in [-0.2, -0.15) is 5.10 Å². The molecule has 2 heterocycles. The minimum Gasteiger partial charge on any atom is -0.329 e. The van der Waals surface area contributed by atoms with Gasteiger partial charge in [-0.25, -0.2) is 10.4 Å². The number of nitrogens with one attached hydrogen (secondary N) is 1. The van der Waals surface area contributed by atoms with Gasteiger partial charge in [0.05, 0.1) is 17.2 Å². The molecule has 0 spiro atoms. The van der Waals surface area contributed by atoms with Crippen molar-refractivity contribution in [2.45, 2.75) is 20.4 Å². The zero-order valence-electron chi connectivity index (χ0n) is 13.0. The molecular formula is C17H17N5O. The fraction of sp³-hybridized carbons (Fsp3) is 0.176. The van der Waals surface area contributed by atoms with Crippen LogP contribution in [0.25, 0.3) is 11.0 Å². The second kappa shape index (κ2) is 6.39. The van der Waals surface area contributed by atoms with Crippen molar-refractivity contribution in [3.8, 4) is 0 Å². The zero-order valence-corrected chi connectivity index (χ0v) is 13.0. The van der Waals surface area contributed by atoms with Gasteiger partial charge in [-0.3, -0.25) is 9.78 Å². The van der Waals surface area contributed by atoms with E-state index >= 15 is 0 Å². The molecule has 3 rings (SSSR count). The molecule has 0 radical (unpaired) electrons. The van der Waals surface area contributed by atoms with Gasteiger partial charge in [-0.15, -0.1) is 0 Å². The van der Waals surface area contributed by atoms with Crippen molar-refractivity contribution in [3.05, 3.63) is 59.7 Å². The number of benzene rings is 1. The van der Waals surface area contributed by atoms with Crippen LogP contribution in [0, 0.1) is 6.92 Å². The first kappa shape index (κ1) is 14.9. The predicted octanol–water partition coefficient (Wildman–Crippen LogP) is 2.52. The molecule has 3 aromatic rings. The molecule has 0 aliphatic carbocycles. The molecule has 6 nitrogen and oxygen atoms in total. The van der Waals surface area contributed by atoms with Crippen molar-refractivity contribution in [2.24, 2.45) is 5.10 Å². The van der Waals surface area contributed by atoms with Crippen LogP contribution in [-0.4, -0.2) is 26.7 Å². The monoisotopic (exact) mass is 307 g/mol. The number of nitrogens with zero attached hydrogens (tertiary/aromatic N) is 4. The number of aromatic nitrogens is 3. The molecular weight excluding hydrogens is 290 g/mol. The Morgan fingerprint density at radius 3 is 3.00 bits per heavy atom. The van der Waals surface area contributed by atoms with Crippen LogP contribution in [0.15, 0.2) is 47.8 Å². The van der Waals surface area contributed by atoms with Crippen LogP contribution < -0.4 is 5.43 Å². The third-order valence-corrected chi connectivity index (χ3v) is 3.58. The molecule has 1 aromatic carbocycles. The molecule has 6 heteroatoms. The Kier molecular flexibility index (Phi) is 4.14. The van der Waals surface area contributed by atoms with E-state index in [0.717, 1.165) is 29.0 Å². The SMILES string of the molecule is CCn1c(C)nc2cc(C(=O)N/N=C/c3cccnc3)ccc21. The van der Waals surface area contributed by atoms with Crippen molar-refractivity contribution >= 4 is 23.2 Å². The first-order valence-electron chi connectivity index (χ1n) is 7.39. The third-order valence-electron chi connectivity index (χ3n) is 3.58. The molecule has 116 valence electrons. The van der Waals surface area contributed by atoms with Crippen LogP contribution in [0.4, 0.5) is 0 Å². The molecule has 0 atom stereocenters. The average Bonchev–Trinajstić information content (AvgIpc) is 2.89. The smallest absolute Gasteiger partial charge is 0.271 e. The number of rotatable bonds is 4. The highest BCUT2D eigenvalue weighted by atomic mass is 16.2. The van der Waals surface area contributed by atoms with Gasteiger partial charge in [0, 0.05) is 30.1 Å². The number of amides is 1. The quantitative estimate of drug-likeness (QED) is 0.594. The molecule has 0 aliphatic heterocycles. The van der Waals surface area contributed by atoms with E-state index < -0.39 is 0 Å². The minimum absolute atomic E-state index is 0.268. The fourth-order valence-electron chi connectivity index (χ4n) is 2.47. The van der Waals surface area contributed by atoms with E-state index in [1.807, 2.05) is 25.1 Å². The predicted molar refractivity (Wildman–Crippen MR) is 89.4 cm³/mol. The van der Waals surface area contributed by atoms with Gasteiger partial charge >= 0.3 is 0 Å². The number of hydrazone groups is 1.